The van der Waals surface area contributed by atoms with Gasteiger partial charge in [0, 0.05) is 13.1 Å². The van der Waals surface area contributed by atoms with Gasteiger partial charge in [-0.15, -0.1) is 0 Å². The van der Waals surface area contributed by atoms with Crippen LogP contribution in [0, 0.1) is 0 Å². The van der Waals surface area contributed by atoms with Crippen molar-refractivity contribution in [1.82, 2.24) is 4.90 Å². The van der Waals surface area contributed by atoms with E-state index in [2.05, 4.69) is 13.8 Å². The summed E-state index contributed by atoms with van der Waals surface area (Å²) in [6.07, 6.45) is 0.848. The van der Waals surface area contributed by atoms with E-state index in [0.717, 1.165) is 51.4 Å². The molecule has 0 aromatic rings. The minimum absolute atomic E-state index is 0.493. The van der Waals surface area contributed by atoms with Crippen molar-refractivity contribution in [3.8, 4) is 0 Å². The first-order valence-corrected chi connectivity index (χ1v) is 9.52. The van der Waals surface area contributed by atoms with E-state index in [4.69, 9.17) is 5.11 Å². The standard InChI is InChI=1S/C18H37NO6/c1-3-5-7-9-11-19(12-10-8-6-4-2)18(25)17(24)16(23)15(22)14(21)13-20/h14-17,20-24H,3-13H2,1-2H3/t14-,15-,16+,17-/m1/s1. The Morgan fingerprint density at radius 2 is 1.28 bits per heavy atom. The van der Waals surface area contributed by atoms with Crippen LogP contribution in [0.2, 0.25) is 0 Å². The van der Waals surface area contributed by atoms with Crippen molar-refractivity contribution < 1.29 is 30.3 Å². The van der Waals surface area contributed by atoms with E-state index in [-0.39, 0.29) is 0 Å². The van der Waals surface area contributed by atoms with Gasteiger partial charge in [-0.05, 0) is 12.8 Å². The van der Waals surface area contributed by atoms with Crippen LogP contribution < -0.4 is 0 Å². The van der Waals surface area contributed by atoms with E-state index in [1.807, 2.05) is 0 Å². The van der Waals surface area contributed by atoms with Crippen LogP contribution in [0.5, 0.6) is 0 Å². The van der Waals surface area contributed by atoms with Gasteiger partial charge in [0.15, 0.2) is 6.10 Å². The van der Waals surface area contributed by atoms with Crippen LogP contribution in [0.3, 0.4) is 0 Å². The minimum Gasteiger partial charge on any atom is -0.394 e. The lowest BCUT2D eigenvalue weighted by molar-refractivity contribution is -0.158. The average Bonchev–Trinajstić information content (AvgIpc) is 2.63. The number of unbranched alkanes of at least 4 members (excludes halogenated alkanes) is 6. The predicted molar refractivity (Wildman–Crippen MR) is 96.0 cm³/mol. The van der Waals surface area contributed by atoms with Gasteiger partial charge in [-0.3, -0.25) is 4.79 Å². The second-order valence-electron chi connectivity index (χ2n) is 6.62. The van der Waals surface area contributed by atoms with E-state index >= 15 is 0 Å². The van der Waals surface area contributed by atoms with E-state index in [9.17, 15) is 25.2 Å². The quantitative estimate of drug-likeness (QED) is 0.269. The number of carbonyl (C=O) groups excluding carboxylic acids is 1. The van der Waals surface area contributed by atoms with Crippen LogP contribution in [0.4, 0.5) is 0 Å². The monoisotopic (exact) mass is 363 g/mol. The van der Waals surface area contributed by atoms with Crippen molar-refractivity contribution in [2.24, 2.45) is 0 Å². The lowest BCUT2D eigenvalue weighted by atomic mass is 10.0. The van der Waals surface area contributed by atoms with Crippen LogP contribution in [-0.4, -0.2) is 80.5 Å². The Morgan fingerprint density at radius 1 is 0.800 bits per heavy atom. The number of amides is 1. The Kier molecular flexibility index (Phi) is 14.0. The molecule has 7 heteroatoms. The summed E-state index contributed by atoms with van der Waals surface area (Å²) in [6, 6.07) is 0. The van der Waals surface area contributed by atoms with Crippen LogP contribution in [0.1, 0.15) is 65.2 Å². The number of hydrogen-bond acceptors (Lipinski definition) is 6. The Hall–Kier alpha value is -0.730. The molecule has 0 saturated carbocycles. The van der Waals surface area contributed by atoms with Gasteiger partial charge in [-0.2, -0.15) is 0 Å². The molecule has 0 aliphatic heterocycles. The van der Waals surface area contributed by atoms with Gasteiger partial charge in [0.05, 0.1) is 6.61 Å². The summed E-state index contributed by atoms with van der Waals surface area (Å²) < 4.78 is 0. The maximum atomic E-state index is 12.5. The largest absolute Gasteiger partial charge is 0.394 e. The molecule has 7 nitrogen and oxygen atoms in total. The summed E-state index contributed by atoms with van der Waals surface area (Å²) in [6.45, 7) is 4.42. The number of aliphatic hydroxyl groups is 5. The number of rotatable bonds is 15. The lowest BCUT2D eigenvalue weighted by Gasteiger charge is -2.30. The maximum Gasteiger partial charge on any atom is 0.254 e. The zero-order valence-electron chi connectivity index (χ0n) is 15.7. The van der Waals surface area contributed by atoms with Gasteiger partial charge in [0.2, 0.25) is 0 Å². The fraction of sp³-hybridized carbons (Fsp3) is 0.944. The molecule has 0 bridgehead atoms. The van der Waals surface area contributed by atoms with E-state index in [0.29, 0.717) is 13.1 Å². The molecule has 0 radical (unpaired) electrons. The topological polar surface area (TPSA) is 121 Å². The summed E-state index contributed by atoms with van der Waals surface area (Å²) >= 11 is 0. The van der Waals surface area contributed by atoms with Crippen molar-refractivity contribution in [2.45, 2.75) is 89.6 Å². The Labute approximate surface area is 151 Å². The first-order valence-electron chi connectivity index (χ1n) is 9.52. The zero-order chi connectivity index (χ0) is 19.2. The second-order valence-corrected chi connectivity index (χ2v) is 6.62. The third kappa shape index (κ3) is 9.51. The van der Waals surface area contributed by atoms with E-state index < -0.39 is 36.9 Å². The second kappa shape index (κ2) is 14.4. The third-order valence-corrected chi connectivity index (χ3v) is 4.38. The molecule has 0 fully saturated rings. The van der Waals surface area contributed by atoms with Gasteiger partial charge in [0.25, 0.3) is 5.91 Å². The third-order valence-electron chi connectivity index (χ3n) is 4.38. The fourth-order valence-corrected chi connectivity index (χ4v) is 2.65. The van der Waals surface area contributed by atoms with Crippen LogP contribution in [-0.2, 0) is 4.79 Å². The van der Waals surface area contributed by atoms with Gasteiger partial charge >= 0.3 is 0 Å². The molecule has 0 unspecified atom stereocenters. The Balaban J connectivity index is 4.72. The highest BCUT2D eigenvalue weighted by atomic mass is 16.4. The predicted octanol–water partition coefficient (Wildman–Crippen LogP) is 0.412. The van der Waals surface area contributed by atoms with Crippen LogP contribution >= 0.6 is 0 Å². The molecule has 5 N–H and O–H groups in total. The molecule has 0 rings (SSSR count). The number of hydrogen-bond donors (Lipinski definition) is 5. The molecule has 4 atom stereocenters. The molecule has 0 aliphatic rings. The van der Waals surface area contributed by atoms with Gasteiger partial charge in [0.1, 0.15) is 18.3 Å². The maximum absolute atomic E-state index is 12.5. The number of aliphatic hydroxyl groups excluding tert-OH is 5. The molecular weight excluding hydrogens is 326 g/mol. The first kappa shape index (κ1) is 24.3. The Morgan fingerprint density at radius 3 is 1.68 bits per heavy atom. The molecular formula is C18H37NO6. The summed E-state index contributed by atoms with van der Waals surface area (Å²) in [4.78, 5) is 14.0. The highest BCUT2D eigenvalue weighted by molar-refractivity contribution is 5.81. The SMILES string of the molecule is CCCCCCN(CCCCCC)C(=O)[C@H](O)[C@@H](O)[C@H](O)[C@H](O)CO. The van der Waals surface area contributed by atoms with Crippen molar-refractivity contribution in [1.29, 1.82) is 0 Å². The lowest BCUT2D eigenvalue weighted by Crippen LogP contribution is -2.53. The molecule has 0 aromatic heterocycles. The fourth-order valence-electron chi connectivity index (χ4n) is 2.65. The highest BCUT2D eigenvalue weighted by Crippen LogP contribution is 2.11. The summed E-state index contributed by atoms with van der Waals surface area (Å²) in [5.41, 5.74) is 0. The highest BCUT2D eigenvalue weighted by Gasteiger charge is 2.36. The molecule has 0 aliphatic carbocycles. The molecule has 0 spiro atoms. The molecule has 1 amide bonds. The van der Waals surface area contributed by atoms with Crippen molar-refractivity contribution >= 4 is 5.91 Å². The minimum atomic E-state index is -1.84. The van der Waals surface area contributed by atoms with Crippen LogP contribution in [0.25, 0.3) is 0 Å². The summed E-state index contributed by atoms with van der Waals surface area (Å²) in [5, 5.41) is 47.9. The van der Waals surface area contributed by atoms with Gasteiger partial charge in [-0.25, -0.2) is 0 Å². The molecule has 25 heavy (non-hydrogen) atoms. The van der Waals surface area contributed by atoms with Crippen molar-refractivity contribution in [2.75, 3.05) is 19.7 Å². The molecule has 0 heterocycles. The molecule has 0 aromatic carbocycles. The van der Waals surface area contributed by atoms with Crippen LogP contribution in [0.15, 0.2) is 0 Å². The number of nitrogens with zero attached hydrogens (tertiary/aromatic N) is 1. The summed E-state index contributed by atoms with van der Waals surface area (Å²) in [5.74, 6) is -0.648. The average molecular weight is 363 g/mol. The molecule has 150 valence electrons. The van der Waals surface area contributed by atoms with Gasteiger partial charge < -0.3 is 30.4 Å². The summed E-state index contributed by atoms with van der Waals surface area (Å²) in [7, 11) is 0. The number of carbonyl (C=O) groups is 1. The Bertz CT molecular complexity index is 330. The molecule has 0 saturated heterocycles. The van der Waals surface area contributed by atoms with E-state index in [1.165, 1.54) is 4.90 Å². The smallest absolute Gasteiger partial charge is 0.254 e. The van der Waals surface area contributed by atoms with Crippen molar-refractivity contribution in [3.05, 3.63) is 0 Å². The zero-order valence-corrected chi connectivity index (χ0v) is 15.7. The van der Waals surface area contributed by atoms with Crippen molar-refractivity contribution in [3.63, 3.8) is 0 Å². The van der Waals surface area contributed by atoms with E-state index in [1.54, 1.807) is 0 Å². The first-order chi connectivity index (χ1) is 11.9. The normalized spacial score (nSPS) is 16.3. The van der Waals surface area contributed by atoms with Gasteiger partial charge in [-0.1, -0.05) is 52.4 Å².